The van der Waals surface area contributed by atoms with Crippen LogP contribution in [0.15, 0.2) is 188 Å². The molecule has 0 fully saturated rings. The van der Waals surface area contributed by atoms with Crippen LogP contribution in [0.3, 0.4) is 0 Å². The fourth-order valence-corrected chi connectivity index (χ4v) is 6.21. The SMILES string of the molecule is c1ccc(-c2ccccc2-c2cccc(N(c3ccccc3)c3ccc(-c4nc5ccccc5nc4-c4ccccc4)cc3)c2)cc1. The van der Waals surface area contributed by atoms with Crippen molar-refractivity contribution in [3.8, 4) is 44.8 Å². The maximum Gasteiger partial charge on any atom is 0.0973 e. The lowest BCUT2D eigenvalue weighted by atomic mass is 9.94. The van der Waals surface area contributed by atoms with Crippen LogP contribution in [0.4, 0.5) is 17.1 Å². The largest absolute Gasteiger partial charge is 0.310 e. The molecule has 0 aliphatic heterocycles. The van der Waals surface area contributed by atoms with Crippen molar-refractivity contribution in [2.24, 2.45) is 0 Å². The smallest absolute Gasteiger partial charge is 0.0973 e. The predicted molar refractivity (Wildman–Crippen MR) is 196 cm³/mol. The zero-order valence-corrected chi connectivity index (χ0v) is 25.7. The first-order valence-corrected chi connectivity index (χ1v) is 15.8. The Hall–Kier alpha value is -6.32. The molecule has 3 nitrogen and oxygen atoms in total. The minimum absolute atomic E-state index is 0.868. The molecule has 0 spiro atoms. The van der Waals surface area contributed by atoms with E-state index in [4.69, 9.17) is 9.97 Å². The van der Waals surface area contributed by atoms with Gasteiger partial charge in [-0.25, -0.2) is 9.97 Å². The van der Waals surface area contributed by atoms with E-state index in [1.807, 2.05) is 42.5 Å². The molecule has 0 bridgehead atoms. The standard InChI is InChI=1S/C44H31N3/c1-4-15-32(16-5-1)39-23-10-11-24-40(39)35-19-14-22-38(31-35)47(36-20-8-3-9-21-36)37-29-27-34(28-30-37)44-43(33-17-6-2-7-18-33)45-41-25-12-13-26-42(41)46-44/h1-31H. The number of nitrogens with zero attached hydrogens (tertiary/aromatic N) is 3. The van der Waals surface area contributed by atoms with E-state index in [2.05, 4.69) is 150 Å². The van der Waals surface area contributed by atoms with Crippen LogP contribution in [0, 0.1) is 0 Å². The van der Waals surface area contributed by atoms with E-state index >= 15 is 0 Å². The summed E-state index contributed by atoms with van der Waals surface area (Å²) in [7, 11) is 0. The third-order valence-corrected chi connectivity index (χ3v) is 8.46. The average Bonchev–Trinajstić information content (AvgIpc) is 3.16. The highest BCUT2D eigenvalue weighted by molar-refractivity contribution is 5.89. The van der Waals surface area contributed by atoms with Gasteiger partial charge in [0.25, 0.3) is 0 Å². The summed E-state index contributed by atoms with van der Waals surface area (Å²) in [4.78, 5) is 12.5. The summed E-state index contributed by atoms with van der Waals surface area (Å²) < 4.78 is 0. The fourth-order valence-electron chi connectivity index (χ4n) is 6.21. The molecule has 8 aromatic rings. The predicted octanol–water partition coefficient (Wildman–Crippen LogP) is 11.8. The average molecular weight is 602 g/mol. The molecule has 1 aromatic heterocycles. The third-order valence-electron chi connectivity index (χ3n) is 8.46. The molecular formula is C44H31N3. The highest BCUT2D eigenvalue weighted by Gasteiger charge is 2.17. The van der Waals surface area contributed by atoms with Crippen molar-refractivity contribution < 1.29 is 0 Å². The molecule has 0 radical (unpaired) electrons. The van der Waals surface area contributed by atoms with E-state index in [0.29, 0.717) is 0 Å². The van der Waals surface area contributed by atoms with Crippen molar-refractivity contribution in [3.05, 3.63) is 188 Å². The molecule has 0 amide bonds. The highest BCUT2D eigenvalue weighted by atomic mass is 15.1. The summed E-state index contributed by atoms with van der Waals surface area (Å²) in [5.41, 5.74) is 13.6. The van der Waals surface area contributed by atoms with Crippen molar-refractivity contribution in [1.82, 2.24) is 9.97 Å². The number of rotatable bonds is 7. The summed E-state index contributed by atoms with van der Waals surface area (Å²) in [5, 5.41) is 0. The molecule has 0 unspecified atom stereocenters. The number of fused-ring (bicyclic) bond motifs is 1. The van der Waals surface area contributed by atoms with E-state index in [1.165, 1.54) is 22.3 Å². The molecule has 0 aliphatic carbocycles. The Morgan fingerprint density at radius 1 is 0.298 bits per heavy atom. The van der Waals surface area contributed by atoms with Crippen LogP contribution in [-0.2, 0) is 0 Å². The van der Waals surface area contributed by atoms with Gasteiger partial charge in [-0.3, -0.25) is 0 Å². The Bertz CT molecular complexity index is 2280. The van der Waals surface area contributed by atoms with Gasteiger partial charge in [0.15, 0.2) is 0 Å². The maximum absolute atomic E-state index is 5.11. The molecule has 47 heavy (non-hydrogen) atoms. The maximum atomic E-state index is 5.11. The van der Waals surface area contributed by atoms with E-state index < -0.39 is 0 Å². The summed E-state index contributed by atoms with van der Waals surface area (Å²) in [6, 6.07) is 65.6. The van der Waals surface area contributed by atoms with Crippen molar-refractivity contribution in [3.63, 3.8) is 0 Å². The number of anilines is 3. The van der Waals surface area contributed by atoms with Crippen molar-refractivity contribution >= 4 is 28.1 Å². The van der Waals surface area contributed by atoms with Crippen LogP contribution in [0.5, 0.6) is 0 Å². The topological polar surface area (TPSA) is 29.0 Å². The normalized spacial score (nSPS) is 11.0. The lowest BCUT2D eigenvalue weighted by molar-refractivity contribution is 1.27. The Morgan fingerprint density at radius 2 is 0.723 bits per heavy atom. The zero-order chi connectivity index (χ0) is 31.4. The number of aromatic nitrogens is 2. The van der Waals surface area contributed by atoms with Gasteiger partial charge in [-0.2, -0.15) is 0 Å². The second-order valence-electron chi connectivity index (χ2n) is 11.5. The first-order chi connectivity index (χ1) is 23.3. The van der Waals surface area contributed by atoms with Gasteiger partial charge in [0.2, 0.25) is 0 Å². The van der Waals surface area contributed by atoms with Gasteiger partial charge in [-0.05, 0) is 70.8 Å². The van der Waals surface area contributed by atoms with Crippen LogP contribution >= 0.6 is 0 Å². The molecule has 0 saturated carbocycles. The number of hydrogen-bond donors (Lipinski definition) is 0. The van der Waals surface area contributed by atoms with Crippen LogP contribution in [0.2, 0.25) is 0 Å². The first kappa shape index (κ1) is 28.2. The number of hydrogen-bond acceptors (Lipinski definition) is 3. The lowest BCUT2D eigenvalue weighted by Crippen LogP contribution is -2.10. The third kappa shape index (κ3) is 5.67. The van der Waals surface area contributed by atoms with E-state index in [1.54, 1.807) is 0 Å². The second kappa shape index (κ2) is 12.6. The summed E-state index contributed by atoms with van der Waals surface area (Å²) in [5.74, 6) is 0. The van der Waals surface area contributed by atoms with Crippen molar-refractivity contribution in [2.45, 2.75) is 0 Å². The lowest BCUT2D eigenvalue weighted by Gasteiger charge is -2.26. The fraction of sp³-hybridized carbons (Fsp3) is 0. The van der Waals surface area contributed by atoms with Gasteiger partial charge < -0.3 is 4.90 Å². The molecule has 0 N–H and O–H groups in total. The van der Waals surface area contributed by atoms with Gasteiger partial charge in [0.05, 0.1) is 22.4 Å². The summed E-state index contributed by atoms with van der Waals surface area (Å²) >= 11 is 0. The Labute approximate surface area is 275 Å². The Balaban J connectivity index is 1.23. The van der Waals surface area contributed by atoms with E-state index in [9.17, 15) is 0 Å². The number of benzene rings is 7. The van der Waals surface area contributed by atoms with Crippen LogP contribution in [-0.4, -0.2) is 9.97 Å². The van der Waals surface area contributed by atoms with Gasteiger partial charge in [-0.1, -0.05) is 140 Å². The molecule has 0 atom stereocenters. The van der Waals surface area contributed by atoms with Crippen LogP contribution < -0.4 is 4.90 Å². The number of para-hydroxylation sites is 3. The minimum Gasteiger partial charge on any atom is -0.310 e. The first-order valence-electron chi connectivity index (χ1n) is 15.8. The zero-order valence-electron chi connectivity index (χ0n) is 25.7. The van der Waals surface area contributed by atoms with Crippen LogP contribution in [0.1, 0.15) is 0 Å². The van der Waals surface area contributed by atoms with E-state index in [0.717, 1.165) is 50.6 Å². The Morgan fingerprint density at radius 3 is 1.34 bits per heavy atom. The Kier molecular flexibility index (Phi) is 7.54. The van der Waals surface area contributed by atoms with Gasteiger partial charge in [0, 0.05) is 28.2 Å². The molecule has 8 rings (SSSR count). The minimum atomic E-state index is 0.868. The van der Waals surface area contributed by atoms with E-state index in [-0.39, 0.29) is 0 Å². The monoisotopic (exact) mass is 601 g/mol. The van der Waals surface area contributed by atoms with Crippen LogP contribution in [0.25, 0.3) is 55.8 Å². The molecule has 222 valence electrons. The molecule has 1 heterocycles. The van der Waals surface area contributed by atoms with Crippen molar-refractivity contribution in [2.75, 3.05) is 4.90 Å². The molecule has 0 saturated heterocycles. The van der Waals surface area contributed by atoms with Crippen molar-refractivity contribution in [1.29, 1.82) is 0 Å². The van der Waals surface area contributed by atoms with Gasteiger partial charge >= 0.3 is 0 Å². The molecule has 0 aliphatic rings. The molecule has 7 aromatic carbocycles. The van der Waals surface area contributed by atoms with Gasteiger partial charge in [-0.15, -0.1) is 0 Å². The molecular weight excluding hydrogens is 571 g/mol. The van der Waals surface area contributed by atoms with Gasteiger partial charge in [0.1, 0.15) is 0 Å². The quantitative estimate of drug-likeness (QED) is 0.182. The highest BCUT2D eigenvalue weighted by Crippen LogP contribution is 2.40. The second-order valence-corrected chi connectivity index (χ2v) is 11.5. The summed E-state index contributed by atoms with van der Waals surface area (Å²) in [6.07, 6.45) is 0. The molecule has 3 heteroatoms. The summed E-state index contributed by atoms with van der Waals surface area (Å²) in [6.45, 7) is 0.